The van der Waals surface area contributed by atoms with E-state index in [1.54, 1.807) is 17.0 Å². The Kier molecular flexibility index (Phi) is 5.66. The van der Waals surface area contributed by atoms with E-state index in [1.165, 1.54) is 13.0 Å². The number of fused-ring (bicyclic) bond motifs is 1. The molecule has 1 aliphatic rings. The highest BCUT2D eigenvalue weighted by atomic mass is 16.5. The summed E-state index contributed by atoms with van der Waals surface area (Å²) < 4.78 is 5.15. The largest absolute Gasteiger partial charge is 0.451 e. The van der Waals surface area contributed by atoms with Crippen LogP contribution in [0.15, 0.2) is 60.3 Å². The average Bonchev–Trinajstić information content (AvgIpc) is 3.10. The monoisotopic (exact) mass is 364 g/mol. The van der Waals surface area contributed by atoms with Gasteiger partial charge in [0.25, 0.3) is 5.91 Å². The third-order valence-corrected chi connectivity index (χ3v) is 4.16. The molecule has 2 amide bonds. The Morgan fingerprint density at radius 3 is 2.52 bits per heavy atom. The number of rotatable bonds is 5. The minimum absolute atomic E-state index is 0.0108. The molecular weight excluding hydrogens is 344 g/mol. The fraction of sp³-hybridized carbons (Fsp3) is 0.190. The van der Waals surface area contributed by atoms with Crippen LogP contribution in [0.25, 0.3) is 6.08 Å². The van der Waals surface area contributed by atoms with Gasteiger partial charge in [-0.15, -0.1) is 0 Å². The predicted molar refractivity (Wildman–Crippen MR) is 102 cm³/mol. The van der Waals surface area contributed by atoms with Gasteiger partial charge in [0.1, 0.15) is 5.70 Å². The molecular formula is C21H20N2O4. The molecule has 138 valence electrons. The van der Waals surface area contributed by atoms with Crippen molar-refractivity contribution in [3.8, 4) is 0 Å². The van der Waals surface area contributed by atoms with E-state index >= 15 is 0 Å². The van der Waals surface area contributed by atoms with Crippen molar-refractivity contribution in [2.45, 2.75) is 13.3 Å². The molecule has 6 heteroatoms. The molecule has 27 heavy (non-hydrogen) atoms. The van der Waals surface area contributed by atoms with E-state index in [4.69, 9.17) is 4.74 Å². The number of ether oxygens (including phenoxy) is 1. The molecule has 0 saturated carbocycles. The Morgan fingerprint density at radius 1 is 1.07 bits per heavy atom. The van der Waals surface area contributed by atoms with Gasteiger partial charge in [0.15, 0.2) is 6.61 Å². The second-order valence-electron chi connectivity index (χ2n) is 6.15. The van der Waals surface area contributed by atoms with Crippen LogP contribution in [0.3, 0.4) is 0 Å². The van der Waals surface area contributed by atoms with E-state index in [0.29, 0.717) is 6.54 Å². The summed E-state index contributed by atoms with van der Waals surface area (Å²) >= 11 is 0. The third kappa shape index (κ3) is 4.61. The lowest BCUT2D eigenvalue weighted by Gasteiger charge is -2.17. The van der Waals surface area contributed by atoms with Crippen molar-refractivity contribution in [3.63, 3.8) is 0 Å². The van der Waals surface area contributed by atoms with E-state index < -0.39 is 11.9 Å². The van der Waals surface area contributed by atoms with E-state index in [1.807, 2.05) is 42.5 Å². The van der Waals surface area contributed by atoms with Crippen molar-refractivity contribution < 1.29 is 19.1 Å². The maximum atomic E-state index is 12.5. The van der Waals surface area contributed by atoms with Gasteiger partial charge < -0.3 is 15.0 Å². The molecule has 6 nitrogen and oxygen atoms in total. The van der Waals surface area contributed by atoms with Crippen LogP contribution in [0.5, 0.6) is 0 Å². The van der Waals surface area contributed by atoms with Crippen molar-refractivity contribution in [2.75, 3.05) is 18.1 Å². The highest BCUT2D eigenvalue weighted by Crippen LogP contribution is 2.27. The first-order chi connectivity index (χ1) is 13.0. The molecule has 0 aliphatic carbocycles. The number of hydrogen-bond acceptors (Lipinski definition) is 4. The summed E-state index contributed by atoms with van der Waals surface area (Å²) in [6.45, 7) is 1.48. The van der Waals surface area contributed by atoms with Crippen molar-refractivity contribution in [1.29, 1.82) is 0 Å². The molecule has 0 spiro atoms. The highest BCUT2D eigenvalue weighted by molar-refractivity contribution is 6.01. The minimum atomic E-state index is -0.755. The SMILES string of the molecule is CC(=O)N/C(=C/c1ccccc1)C(=O)OCC(=O)N1CCc2ccccc21. The summed E-state index contributed by atoms with van der Waals surface area (Å²) in [7, 11) is 0. The van der Waals surface area contributed by atoms with Gasteiger partial charge in [0, 0.05) is 19.2 Å². The van der Waals surface area contributed by atoms with E-state index in [-0.39, 0.29) is 18.2 Å². The number of esters is 1. The van der Waals surface area contributed by atoms with Crippen LogP contribution in [0.1, 0.15) is 18.1 Å². The van der Waals surface area contributed by atoms with E-state index in [0.717, 1.165) is 23.2 Å². The molecule has 0 unspecified atom stereocenters. The third-order valence-electron chi connectivity index (χ3n) is 4.16. The first-order valence-corrected chi connectivity index (χ1v) is 8.64. The summed E-state index contributed by atoms with van der Waals surface area (Å²) in [5.41, 5.74) is 2.67. The summed E-state index contributed by atoms with van der Waals surface area (Å²) in [6, 6.07) is 16.7. The molecule has 1 heterocycles. The van der Waals surface area contributed by atoms with Crippen LogP contribution >= 0.6 is 0 Å². The molecule has 0 fully saturated rings. The number of amides is 2. The Hall–Kier alpha value is -3.41. The minimum Gasteiger partial charge on any atom is -0.451 e. The molecule has 1 N–H and O–H groups in total. The van der Waals surface area contributed by atoms with Crippen LogP contribution < -0.4 is 10.2 Å². The molecule has 0 atom stereocenters. The second kappa shape index (κ2) is 8.31. The van der Waals surface area contributed by atoms with Gasteiger partial charge in [-0.05, 0) is 29.7 Å². The average molecular weight is 364 g/mol. The molecule has 2 aromatic rings. The standard InChI is InChI=1S/C21H20N2O4/c1-15(24)22-18(13-16-7-3-2-4-8-16)21(26)27-14-20(25)23-12-11-17-9-5-6-10-19(17)23/h2-10,13H,11-12,14H2,1H3,(H,22,24)/b18-13+. The number of nitrogens with zero attached hydrogens (tertiary/aromatic N) is 1. The lowest BCUT2D eigenvalue weighted by atomic mass is 10.2. The van der Waals surface area contributed by atoms with Crippen LogP contribution in [0.2, 0.25) is 0 Å². The van der Waals surface area contributed by atoms with Gasteiger partial charge in [0.2, 0.25) is 5.91 Å². The Balaban J connectivity index is 1.67. The maximum absolute atomic E-state index is 12.5. The molecule has 2 aromatic carbocycles. The Labute approximate surface area is 157 Å². The highest BCUT2D eigenvalue weighted by Gasteiger charge is 2.25. The summed E-state index contributed by atoms with van der Waals surface area (Å²) in [6.07, 6.45) is 2.29. The van der Waals surface area contributed by atoms with Gasteiger partial charge in [-0.1, -0.05) is 48.5 Å². The number of nitrogens with one attached hydrogen (secondary N) is 1. The first-order valence-electron chi connectivity index (χ1n) is 8.64. The van der Waals surface area contributed by atoms with Crippen molar-refractivity contribution >= 4 is 29.5 Å². The first kappa shape index (κ1) is 18.4. The van der Waals surface area contributed by atoms with Crippen LogP contribution in [-0.4, -0.2) is 30.9 Å². The van der Waals surface area contributed by atoms with Crippen LogP contribution in [0, 0.1) is 0 Å². The smallest absolute Gasteiger partial charge is 0.355 e. The zero-order chi connectivity index (χ0) is 19.2. The number of para-hydroxylation sites is 1. The van der Waals surface area contributed by atoms with E-state index in [2.05, 4.69) is 5.32 Å². The number of carbonyl (C=O) groups excluding carboxylic acids is 3. The van der Waals surface area contributed by atoms with Crippen molar-refractivity contribution in [3.05, 3.63) is 71.4 Å². The summed E-state index contributed by atoms with van der Waals surface area (Å²) in [5, 5.41) is 2.46. The molecule has 0 bridgehead atoms. The van der Waals surface area contributed by atoms with Gasteiger partial charge in [-0.2, -0.15) is 0 Å². The van der Waals surface area contributed by atoms with Crippen molar-refractivity contribution in [2.24, 2.45) is 0 Å². The molecule has 1 aliphatic heterocycles. The summed E-state index contributed by atoms with van der Waals surface area (Å²) in [5.74, 6) is -1.45. The van der Waals surface area contributed by atoms with Crippen LogP contribution in [0.4, 0.5) is 5.69 Å². The Bertz CT molecular complexity index is 890. The maximum Gasteiger partial charge on any atom is 0.355 e. The fourth-order valence-corrected chi connectivity index (χ4v) is 2.93. The van der Waals surface area contributed by atoms with Crippen molar-refractivity contribution in [1.82, 2.24) is 5.32 Å². The lowest BCUT2D eigenvalue weighted by Crippen LogP contribution is -2.34. The zero-order valence-corrected chi connectivity index (χ0v) is 15.0. The molecule has 0 aromatic heterocycles. The van der Waals surface area contributed by atoms with E-state index in [9.17, 15) is 14.4 Å². The summed E-state index contributed by atoms with van der Waals surface area (Å²) in [4.78, 5) is 37.8. The molecule has 0 radical (unpaired) electrons. The normalized spacial score (nSPS) is 13.1. The van der Waals surface area contributed by atoms with Gasteiger partial charge in [0.05, 0.1) is 0 Å². The fourth-order valence-electron chi connectivity index (χ4n) is 2.93. The van der Waals surface area contributed by atoms with Gasteiger partial charge >= 0.3 is 5.97 Å². The molecule has 3 rings (SSSR count). The number of hydrogen-bond donors (Lipinski definition) is 1. The number of benzene rings is 2. The quantitative estimate of drug-likeness (QED) is 0.652. The predicted octanol–water partition coefficient (Wildman–Crippen LogP) is 2.30. The van der Waals surface area contributed by atoms with Crippen LogP contribution in [-0.2, 0) is 25.5 Å². The van der Waals surface area contributed by atoms with Gasteiger partial charge in [-0.25, -0.2) is 4.79 Å². The zero-order valence-electron chi connectivity index (χ0n) is 15.0. The molecule has 0 saturated heterocycles. The Morgan fingerprint density at radius 2 is 1.78 bits per heavy atom. The van der Waals surface area contributed by atoms with Gasteiger partial charge in [-0.3, -0.25) is 9.59 Å². The number of carbonyl (C=O) groups is 3. The second-order valence-corrected chi connectivity index (χ2v) is 6.15. The topological polar surface area (TPSA) is 75.7 Å². The lowest BCUT2D eigenvalue weighted by molar-refractivity contribution is -0.144. The number of anilines is 1.